The maximum absolute atomic E-state index is 12.4. The summed E-state index contributed by atoms with van der Waals surface area (Å²) in [5, 5.41) is 12.6. The van der Waals surface area contributed by atoms with Crippen LogP contribution in [0.4, 0.5) is 5.69 Å². The lowest BCUT2D eigenvalue weighted by atomic mass is 9.82. The molecule has 0 saturated heterocycles. The number of aliphatic carboxylic acids is 1. The van der Waals surface area contributed by atoms with Crippen LogP contribution >= 0.6 is 11.6 Å². The topological polar surface area (TPSA) is 66.4 Å². The van der Waals surface area contributed by atoms with Gasteiger partial charge in [-0.2, -0.15) is 0 Å². The third-order valence-corrected chi connectivity index (χ3v) is 4.37. The second-order valence-corrected chi connectivity index (χ2v) is 5.77. The van der Waals surface area contributed by atoms with Crippen molar-refractivity contribution in [3.8, 4) is 0 Å². The van der Waals surface area contributed by atoms with Gasteiger partial charge in [-0.25, -0.2) is 0 Å². The number of halogens is 1. The highest BCUT2D eigenvalue weighted by Gasteiger charge is 2.51. The van der Waals surface area contributed by atoms with Crippen molar-refractivity contribution in [2.24, 2.45) is 23.7 Å². The van der Waals surface area contributed by atoms with E-state index in [2.05, 4.69) is 5.32 Å². The van der Waals surface area contributed by atoms with Gasteiger partial charge in [0.25, 0.3) is 0 Å². The molecule has 3 rings (SSSR count). The summed E-state index contributed by atoms with van der Waals surface area (Å²) in [5.41, 5.74) is 0.596. The van der Waals surface area contributed by atoms with E-state index in [4.69, 9.17) is 11.6 Å². The second-order valence-electron chi connectivity index (χ2n) is 5.34. The Balaban J connectivity index is 1.80. The molecule has 2 N–H and O–H groups in total. The van der Waals surface area contributed by atoms with E-state index in [0.29, 0.717) is 10.7 Å². The van der Waals surface area contributed by atoms with E-state index in [1.165, 1.54) is 0 Å². The van der Waals surface area contributed by atoms with Gasteiger partial charge >= 0.3 is 5.97 Å². The van der Waals surface area contributed by atoms with Gasteiger partial charge in [0.15, 0.2) is 0 Å². The minimum Gasteiger partial charge on any atom is -0.481 e. The SMILES string of the molecule is O=C(O)[C@@H]1[C@H](C(=O)Nc2cccc(Cl)c2)[C@@H]2C=C[C@H]1C2. The number of carboxylic acids is 1. The Hall–Kier alpha value is -1.81. The molecule has 104 valence electrons. The lowest BCUT2D eigenvalue weighted by molar-refractivity contribution is -0.146. The Morgan fingerprint density at radius 2 is 1.90 bits per heavy atom. The van der Waals surface area contributed by atoms with E-state index in [0.717, 1.165) is 6.42 Å². The summed E-state index contributed by atoms with van der Waals surface area (Å²) in [6.45, 7) is 0. The number of hydrogen-bond donors (Lipinski definition) is 2. The Kier molecular flexibility index (Phi) is 3.26. The highest BCUT2D eigenvalue weighted by atomic mass is 35.5. The second kappa shape index (κ2) is 4.94. The lowest BCUT2D eigenvalue weighted by Gasteiger charge is -2.23. The van der Waals surface area contributed by atoms with Gasteiger partial charge in [-0.1, -0.05) is 29.8 Å². The molecule has 2 aliphatic carbocycles. The smallest absolute Gasteiger partial charge is 0.307 e. The molecule has 0 unspecified atom stereocenters. The first-order valence-corrected chi connectivity index (χ1v) is 6.91. The molecule has 0 spiro atoms. The summed E-state index contributed by atoms with van der Waals surface area (Å²) < 4.78 is 0. The Morgan fingerprint density at radius 1 is 1.20 bits per heavy atom. The van der Waals surface area contributed by atoms with Crippen LogP contribution in [0.3, 0.4) is 0 Å². The number of fused-ring (bicyclic) bond motifs is 2. The molecular formula is C15H14ClNO3. The van der Waals surface area contributed by atoms with Gasteiger partial charge in [-0.15, -0.1) is 0 Å². The van der Waals surface area contributed by atoms with E-state index in [1.807, 2.05) is 12.2 Å². The zero-order valence-electron chi connectivity index (χ0n) is 10.6. The number of carboxylic acid groups (broad SMARTS) is 1. The number of benzene rings is 1. The molecule has 1 amide bonds. The summed E-state index contributed by atoms with van der Waals surface area (Å²) >= 11 is 5.87. The minimum absolute atomic E-state index is 0.0207. The van der Waals surface area contributed by atoms with Gasteiger partial charge < -0.3 is 10.4 Å². The van der Waals surface area contributed by atoms with Crippen molar-refractivity contribution < 1.29 is 14.7 Å². The van der Waals surface area contributed by atoms with E-state index in [9.17, 15) is 14.7 Å². The number of carbonyl (C=O) groups is 2. The molecule has 5 heteroatoms. The van der Waals surface area contributed by atoms with E-state index in [-0.39, 0.29) is 17.7 Å². The van der Waals surface area contributed by atoms with Gasteiger partial charge in [-0.05, 0) is 36.5 Å². The molecule has 0 heterocycles. The van der Waals surface area contributed by atoms with Crippen LogP contribution in [0.5, 0.6) is 0 Å². The molecule has 4 nitrogen and oxygen atoms in total. The molecule has 2 aliphatic rings. The van der Waals surface area contributed by atoms with E-state index < -0.39 is 17.8 Å². The molecule has 20 heavy (non-hydrogen) atoms. The van der Waals surface area contributed by atoms with Crippen LogP contribution in [-0.2, 0) is 9.59 Å². The summed E-state index contributed by atoms with van der Waals surface area (Å²) in [6, 6.07) is 6.85. The van der Waals surface area contributed by atoms with Crippen LogP contribution in [-0.4, -0.2) is 17.0 Å². The molecule has 2 bridgehead atoms. The quantitative estimate of drug-likeness (QED) is 0.842. The predicted molar refractivity (Wildman–Crippen MR) is 75.4 cm³/mol. The van der Waals surface area contributed by atoms with Crippen LogP contribution < -0.4 is 5.32 Å². The van der Waals surface area contributed by atoms with Crippen LogP contribution in [0, 0.1) is 23.7 Å². The number of rotatable bonds is 3. The normalized spacial score (nSPS) is 30.4. The molecule has 1 aromatic rings. The maximum atomic E-state index is 12.4. The summed E-state index contributed by atoms with van der Waals surface area (Å²) in [4.78, 5) is 23.8. The third kappa shape index (κ3) is 2.20. The fourth-order valence-corrected chi connectivity index (χ4v) is 3.50. The molecule has 1 aromatic carbocycles. The average molecular weight is 292 g/mol. The zero-order valence-corrected chi connectivity index (χ0v) is 11.4. The number of nitrogens with one attached hydrogen (secondary N) is 1. The van der Waals surface area contributed by atoms with Crippen LogP contribution in [0.2, 0.25) is 5.02 Å². The first-order chi connectivity index (χ1) is 9.56. The standard InChI is InChI=1S/C15H14ClNO3/c16-10-2-1-3-11(7-10)17-14(18)12-8-4-5-9(6-8)13(12)15(19)20/h1-5,7-9,12-13H,6H2,(H,17,18)(H,19,20)/t8-,9+,12-,13+/m1/s1. The summed E-state index contributed by atoms with van der Waals surface area (Å²) in [5.74, 6) is -2.25. The Labute approximate surface area is 121 Å². The van der Waals surface area contributed by atoms with Crippen LogP contribution in [0.25, 0.3) is 0 Å². The molecule has 0 aromatic heterocycles. The van der Waals surface area contributed by atoms with Crippen molar-refractivity contribution in [2.45, 2.75) is 6.42 Å². The van der Waals surface area contributed by atoms with E-state index in [1.54, 1.807) is 24.3 Å². The summed E-state index contributed by atoms with van der Waals surface area (Å²) in [6.07, 6.45) is 4.64. The third-order valence-electron chi connectivity index (χ3n) is 4.14. The number of carbonyl (C=O) groups excluding carboxylic acids is 1. The van der Waals surface area contributed by atoms with Crippen molar-refractivity contribution in [3.05, 3.63) is 41.4 Å². The number of anilines is 1. The molecule has 1 saturated carbocycles. The molecule has 0 aliphatic heterocycles. The first-order valence-electron chi connectivity index (χ1n) is 6.54. The largest absolute Gasteiger partial charge is 0.481 e. The van der Waals surface area contributed by atoms with Crippen molar-refractivity contribution in [1.29, 1.82) is 0 Å². The minimum atomic E-state index is -0.895. The van der Waals surface area contributed by atoms with Crippen molar-refractivity contribution >= 4 is 29.2 Å². The van der Waals surface area contributed by atoms with E-state index >= 15 is 0 Å². The fraction of sp³-hybridized carbons (Fsp3) is 0.333. The highest BCUT2D eigenvalue weighted by molar-refractivity contribution is 6.30. The molecular weight excluding hydrogens is 278 g/mol. The summed E-state index contributed by atoms with van der Waals surface area (Å²) in [7, 11) is 0. The Morgan fingerprint density at radius 3 is 2.55 bits per heavy atom. The van der Waals surface area contributed by atoms with Crippen molar-refractivity contribution in [1.82, 2.24) is 0 Å². The van der Waals surface area contributed by atoms with Gasteiger partial charge in [0.05, 0.1) is 11.8 Å². The predicted octanol–water partition coefficient (Wildman–Crippen LogP) is 2.80. The zero-order chi connectivity index (χ0) is 14.3. The van der Waals surface area contributed by atoms with Gasteiger partial charge in [0.2, 0.25) is 5.91 Å². The first kappa shape index (κ1) is 13.2. The average Bonchev–Trinajstić information content (AvgIpc) is 2.98. The van der Waals surface area contributed by atoms with Crippen LogP contribution in [0.15, 0.2) is 36.4 Å². The highest BCUT2D eigenvalue weighted by Crippen LogP contribution is 2.48. The van der Waals surface area contributed by atoms with Gasteiger partial charge in [0.1, 0.15) is 0 Å². The monoisotopic (exact) mass is 291 g/mol. The molecule has 4 atom stereocenters. The van der Waals surface area contributed by atoms with Gasteiger partial charge in [0, 0.05) is 10.7 Å². The number of amides is 1. The van der Waals surface area contributed by atoms with Crippen LogP contribution in [0.1, 0.15) is 6.42 Å². The van der Waals surface area contributed by atoms with Crippen molar-refractivity contribution in [3.63, 3.8) is 0 Å². The molecule has 0 radical (unpaired) electrons. The lowest BCUT2D eigenvalue weighted by Crippen LogP contribution is -2.36. The number of hydrogen-bond acceptors (Lipinski definition) is 2. The Bertz CT molecular complexity index is 599. The molecule has 1 fully saturated rings. The van der Waals surface area contributed by atoms with Crippen molar-refractivity contribution in [2.75, 3.05) is 5.32 Å². The van der Waals surface area contributed by atoms with Gasteiger partial charge in [-0.3, -0.25) is 9.59 Å². The maximum Gasteiger partial charge on any atom is 0.307 e. The number of allylic oxidation sites excluding steroid dienone is 2. The fourth-order valence-electron chi connectivity index (χ4n) is 3.31.